The molecule has 1 fully saturated rings. The number of amides is 2. The van der Waals surface area contributed by atoms with Gasteiger partial charge in [-0.2, -0.15) is 5.10 Å². The van der Waals surface area contributed by atoms with E-state index in [4.69, 9.17) is 4.98 Å². The second-order valence-corrected chi connectivity index (χ2v) is 8.03. The number of pyridine rings is 1. The summed E-state index contributed by atoms with van der Waals surface area (Å²) in [5.74, 6) is -0.133. The molecule has 0 bridgehead atoms. The quantitative estimate of drug-likeness (QED) is 0.625. The Morgan fingerprint density at radius 1 is 1.23 bits per heavy atom. The summed E-state index contributed by atoms with van der Waals surface area (Å²) < 4.78 is 1.84. The Hall–Kier alpha value is -3.22. The van der Waals surface area contributed by atoms with Gasteiger partial charge in [-0.05, 0) is 50.8 Å². The highest BCUT2D eigenvalue weighted by Crippen LogP contribution is 2.40. The minimum Gasteiger partial charge on any atom is -0.343 e. The summed E-state index contributed by atoms with van der Waals surface area (Å²) in [6.45, 7) is 6.01. The number of anilines is 1. The number of hydrogen-bond donors (Lipinski definition) is 2. The third-order valence-electron chi connectivity index (χ3n) is 5.40. The Bertz CT molecular complexity index is 1100. The normalized spacial score (nSPS) is 13.6. The molecule has 0 unspecified atom stereocenters. The number of rotatable bonds is 7. The lowest BCUT2D eigenvalue weighted by atomic mass is 10.1. The van der Waals surface area contributed by atoms with E-state index >= 15 is 0 Å². The van der Waals surface area contributed by atoms with E-state index in [0.29, 0.717) is 16.9 Å². The monoisotopic (exact) mass is 405 g/mol. The highest BCUT2D eigenvalue weighted by Gasteiger charge is 2.28. The standard InChI is InChI=1S/C23H27N5O2/c1-4-15-7-5-6-8-19(15)26-21(29)13-24-23(30)17-11-20(16-9-10-16)27-22-18(17)12-25-28(22)14(2)3/h5-8,11-12,14,16H,4,9-10,13H2,1-3H3,(H,24,30)(H,26,29). The summed E-state index contributed by atoms with van der Waals surface area (Å²) in [6.07, 6.45) is 4.69. The number of aromatic nitrogens is 3. The van der Waals surface area contributed by atoms with Crippen molar-refractivity contribution in [1.82, 2.24) is 20.1 Å². The zero-order valence-corrected chi connectivity index (χ0v) is 17.6. The van der Waals surface area contributed by atoms with Gasteiger partial charge < -0.3 is 10.6 Å². The van der Waals surface area contributed by atoms with Gasteiger partial charge in [0.25, 0.3) is 5.91 Å². The molecule has 1 aliphatic carbocycles. The van der Waals surface area contributed by atoms with Crippen LogP contribution >= 0.6 is 0 Å². The van der Waals surface area contributed by atoms with Crippen molar-refractivity contribution in [3.8, 4) is 0 Å². The van der Waals surface area contributed by atoms with Crippen molar-refractivity contribution in [3.05, 3.63) is 53.3 Å². The molecular formula is C23H27N5O2. The molecule has 0 saturated heterocycles. The summed E-state index contributed by atoms with van der Waals surface area (Å²) >= 11 is 0. The summed E-state index contributed by atoms with van der Waals surface area (Å²) in [5, 5.41) is 10.8. The van der Waals surface area contributed by atoms with Crippen LogP contribution in [0.15, 0.2) is 36.5 Å². The molecule has 0 atom stereocenters. The van der Waals surface area contributed by atoms with Crippen molar-refractivity contribution in [2.45, 2.75) is 52.0 Å². The fraction of sp³-hybridized carbons (Fsp3) is 0.391. The van der Waals surface area contributed by atoms with Gasteiger partial charge in [-0.3, -0.25) is 9.59 Å². The molecule has 1 saturated carbocycles. The summed E-state index contributed by atoms with van der Waals surface area (Å²) in [5.41, 5.74) is 4.01. The van der Waals surface area contributed by atoms with Crippen molar-refractivity contribution in [2.24, 2.45) is 0 Å². The van der Waals surface area contributed by atoms with Gasteiger partial charge >= 0.3 is 0 Å². The highest BCUT2D eigenvalue weighted by atomic mass is 16.2. The molecule has 3 aromatic rings. The molecule has 0 radical (unpaired) electrons. The molecule has 2 N–H and O–H groups in total. The number of aryl methyl sites for hydroxylation is 1. The van der Waals surface area contributed by atoms with E-state index in [1.807, 2.05) is 55.8 Å². The predicted octanol–water partition coefficient (Wildman–Crippen LogP) is 3.82. The van der Waals surface area contributed by atoms with Crippen LogP contribution in [0.5, 0.6) is 0 Å². The van der Waals surface area contributed by atoms with Crippen LogP contribution in [0.25, 0.3) is 11.0 Å². The zero-order valence-electron chi connectivity index (χ0n) is 17.6. The lowest BCUT2D eigenvalue weighted by molar-refractivity contribution is -0.115. The Labute approximate surface area is 175 Å². The van der Waals surface area contributed by atoms with E-state index < -0.39 is 0 Å². The maximum Gasteiger partial charge on any atom is 0.252 e. The molecule has 0 spiro atoms. The van der Waals surface area contributed by atoms with E-state index in [-0.39, 0.29) is 24.4 Å². The molecule has 4 rings (SSSR count). The van der Waals surface area contributed by atoms with E-state index in [0.717, 1.165) is 41.9 Å². The minimum atomic E-state index is -0.286. The number of nitrogens with zero attached hydrogens (tertiary/aromatic N) is 3. The zero-order chi connectivity index (χ0) is 21.3. The molecule has 2 aromatic heterocycles. The van der Waals surface area contributed by atoms with Gasteiger partial charge in [0.1, 0.15) is 0 Å². The first-order valence-corrected chi connectivity index (χ1v) is 10.5. The van der Waals surface area contributed by atoms with Gasteiger partial charge in [0.15, 0.2) is 5.65 Å². The maximum atomic E-state index is 13.0. The van der Waals surface area contributed by atoms with Gasteiger partial charge in [-0.25, -0.2) is 9.67 Å². The Morgan fingerprint density at radius 3 is 2.70 bits per heavy atom. The molecule has 30 heavy (non-hydrogen) atoms. The van der Waals surface area contributed by atoms with Crippen molar-refractivity contribution in [1.29, 1.82) is 0 Å². The van der Waals surface area contributed by atoms with Gasteiger partial charge in [-0.15, -0.1) is 0 Å². The molecule has 2 heterocycles. The molecule has 7 heteroatoms. The summed E-state index contributed by atoms with van der Waals surface area (Å²) in [4.78, 5) is 30.1. The lowest BCUT2D eigenvalue weighted by Crippen LogP contribution is -2.33. The lowest BCUT2D eigenvalue weighted by Gasteiger charge is -2.12. The molecule has 2 amide bonds. The average Bonchev–Trinajstić information content (AvgIpc) is 3.50. The number of carbonyl (C=O) groups excluding carboxylic acids is 2. The molecule has 1 aromatic carbocycles. The number of fused-ring (bicyclic) bond motifs is 1. The van der Waals surface area contributed by atoms with Crippen molar-refractivity contribution in [3.63, 3.8) is 0 Å². The molecular weight excluding hydrogens is 378 g/mol. The van der Waals surface area contributed by atoms with Crippen LogP contribution in [0.2, 0.25) is 0 Å². The van der Waals surface area contributed by atoms with E-state index in [1.54, 1.807) is 6.20 Å². The number of para-hydroxylation sites is 1. The predicted molar refractivity (Wildman–Crippen MR) is 117 cm³/mol. The minimum absolute atomic E-state index is 0.0994. The van der Waals surface area contributed by atoms with Crippen LogP contribution in [0.4, 0.5) is 5.69 Å². The largest absolute Gasteiger partial charge is 0.343 e. The van der Waals surface area contributed by atoms with Gasteiger partial charge in [0.2, 0.25) is 5.91 Å². The van der Waals surface area contributed by atoms with Crippen LogP contribution in [-0.2, 0) is 11.2 Å². The van der Waals surface area contributed by atoms with E-state index in [9.17, 15) is 9.59 Å². The van der Waals surface area contributed by atoms with Crippen LogP contribution in [0.1, 0.15) is 67.2 Å². The Balaban J connectivity index is 1.52. The Morgan fingerprint density at radius 2 is 2.00 bits per heavy atom. The Kier molecular flexibility index (Phi) is 5.53. The third-order valence-corrected chi connectivity index (χ3v) is 5.40. The first-order valence-electron chi connectivity index (χ1n) is 10.5. The van der Waals surface area contributed by atoms with Crippen molar-refractivity contribution in [2.75, 3.05) is 11.9 Å². The van der Waals surface area contributed by atoms with Crippen molar-refractivity contribution < 1.29 is 9.59 Å². The van der Waals surface area contributed by atoms with Crippen molar-refractivity contribution >= 4 is 28.5 Å². The molecule has 0 aliphatic heterocycles. The molecule has 156 valence electrons. The van der Waals surface area contributed by atoms with Crippen LogP contribution in [-0.4, -0.2) is 33.1 Å². The van der Waals surface area contributed by atoms with E-state index in [2.05, 4.69) is 15.7 Å². The number of nitrogens with one attached hydrogen (secondary N) is 2. The summed E-state index contributed by atoms with van der Waals surface area (Å²) in [7, 11) is 0. The van der Waals surface area contributed by atoms with Gasteiger partial charge in [0.05, 0.1) is 23.7 Å². The van der Waals surface area contributed by atoms with Crippen LogP contribution < -0.4 is 10.6 Å². The number of carbonyl (C=O) groups is 2. The highest BCUT2D eigenvalue weighted by molar-refractivity contribution is 6.07. The summed E-state index contributed by atoms with van der Waals surface area (Å²) in [6, 6.07) is 9.67. The van der Waals surface area contributed by atoms with Gasteiger partial charge in [0, 0.05) is 23.3 Å². The topological polar surface area (TPSA) is 88.9 Å². The fourth-order valence-corrected chi connectivity index (χ4v) is 3.59. The molecule has 1 aliphatic rings. The fourth-order valence-electron chi connectivity index (χ4n) is 3.59. The van der Waals surface area contributed by atoms with Crippen LogP contribution in [0, 0.1) is 0 Å². The second-order valence-electron chi connectivity index (χ2n) is 8.03. The SMILES string of the molecule is CCc1ccccc1NC(=O)CNC(=O)c1cc(C2CC2)nc2c1cnn2C(C)C. The average molecular weight is 406 g/mol. The number of hydrogen-bond acceptors (Lipinski definition) is 4. The third kappa shape index (κ3) is 4.06. The smallest absolute Gasteiger partial charge is 0.252 e. The first-order chi connectivity index (χ1) is 14.5. The molecule has 7 nitrogen and oxygen atoms in total. The van der Waals surface area contributed by atoms with Crippen LogP contribution in [0.3, 0.4) is 0 Å². The second kappa shape index (κ2) is 8.26. The van der Waals surface area contributed by atoms with E-state index in [1.165, 1.54) is 0 Å². The van der Waals surface area contributed by atoms with Gasteiger partial charge in [-0.1, -0.05) is 25.1 Å². The first kappa shape index (κ1) is 20.1. The maximum absolute atomic E-state index is 13.0. The number of benzene rings is 1.